The predicted octanol–water partition coefficient (Wildman–Crippen LogP) is 2.52. The van der Waals surface area contributed by atoms with E-state index in [2.05, 4.69) is 5.32 Å². The summed E-state index contributed by atoms with van der Waals surface area (Å²) in [6.07, 6.45) is -0.438. The molecule has 4 heteroatoms. The van der Waals surface area contributed by atoms with Crippen LogP contribution in [0.25, 0.3) is 0 Å². The molecule has 1 atom stereocenters. The molecular formula is C14H22N2O2. The molecule has 18 heavy (non-hydrogen) atoms. The van der Waals surface area contributed by atoms with Gasteiger partial charge in [-0.05, 0) is 38.8 Å². The van der Waals surface area contributed by atoms with Crippen LogP contribution < -0.4 is 11.1 Å². The lowest BCUT2D eigenvalue weighted by molar-refractivity contribution is 0.0524. The van der Waals surface area contributed by atoms with Gasteiger partial charge in [-0.15, -0.1) is 0 Å². The highest BCUT2D eigenvalue weighted by molar-refractivity contribution is 5.67. The average molecular weight is 250 g/mol. The number of carbonyl (C=O) groups excluding carboxylic acids is 1. The number of nitrogens with one attached hydrogen (secondary N) is 1. The maximum atomic E-state index is 11.5. The Balaban J connectivity index is 2.49. The number of carbonyl (C=O) groups is 1. The molecule has 0 aromatic heterocycles. The first kappa shape index (κ1) is 14.5. The summed E-state index contributed by atoms with van der Waals surface area (Å²) in [4.78, 5) is 11.5. The minimum Gasteiger partial charge on any atom is -0.444 e. The Morgan fingerprint density at radius 2 is 2.00 bits per heavy atom. The fourth-order valence-electron chi connectivity index (χ4n) is 1.62. The quantitative estimate of drug-likeness (QED) is 0.866. The van der Waals surface area contributed by atoms with Crippen LogP contribution in [0.1, 0.15) is 37.9 Å². The van der Waals surface area contributed by atoms with E-state index in [0.29, 0.717) is 6.54 Å². The van der Waals surface area contributed by atoms with E-state index in [-0.39, 0.29) is 6.04 Å². The minimum atomic E-state index is -0.489. The zero-order chi connectivity index (χ0) is 13.8. The monoisotopic (exact) mass is 250 g/mol. The summed E-state index contributed by atoms with van der Waals surface area (Å²) in [5.41, 5.74) is 7.71. The highest BCUT2D eigenvalue weighted by atomic mass is 16.6. The molecular weight excluding hydrogens is 228 g/mol. The van der Waals surface area contributed by atoms with E-state index in [1.807, 2.05) is 52.0 Å². The number of hydrogen-bond donors (Lipinski definition) is 2. The van der Waals surface area contributed by atoms with Gasteiger partial charge >= 0.3 is 6.09 Å². The van der Waals surface area contributed by atoms with E-state index in [1.165, 1.54) is 0 Å². The third kappa shape index (κ3) is 4.75. The lowest BCUT2D eigenvalue weighted by Gasteiger charge is -2.21. The summed E-state index contributed by atoms with van der Waals surface area (Å²) in [6.45, 7) is 7.85. The molecule has 1 aromatic carbocycles. The van der Waals surface area contributed by atoms with Gasteiger partial charge in [0.1, 0.15) is 5.60 Å². The van der Waals surface area contributed by atoms with Crippen molar-refractivity contribution >= 4 is 6.09 Å². The molecule has 0 heterocycles. The Kier molecular flexibility index (Phi) is 4.73. The molecule has 0 radical (unpaired) electrons. The van der Waals surface area contributed by atoms with Gasteiger partial charge in [0.2, 0.25) is 0 Å². The number of ether oxygens (including phenoxy) is 1. The summed E-state index contributed by atoms with van der Waals surface area (Å²) in [6, 6.07) is 7.65. The van der Waals surface area contributed by atoms with Gasteiger partial charge in [-0.1, -0.05) is 24.3 Å². The lowest BCUT2D eigenvalue weighted by atomic mass is 10.0. The molecule has 0 unspecified atom stereocenters. The van der Waals surface area contributed by atoms with Gasteiger partial charge in [0.15, 0.2) is 0 Å². The Labute approximate surface area is 109 Å². The summed E-state index contributed by atoms with van der Waals surface area (Å²) < 4.78 is 5.15. The van der Waals surface area contributed by atoms with Gasteiger partial charge < -0.3 is 15.8 Å². The lowest BCUT2D eigenvalue weighted by Crippen LogP contribution is -2.36. The molecule has 100 valence electrons. The molecule has 1 amide bonds. The highest BCUT2D eigenvalue weighted by Gasteiger charge is 2.17. The van der Waals surface area contributed by atoms with E-state index in [0.717, 1.165) is 11.1 Å². The molecule has 0 aliphatic heterocycles. The van der Waals surface area contributed by atoms with Crippen molar-refractivity contribution in [2.45, 2.75) is 39.3 Å². The van der Waals surface area contributed by atoms with E-state index < -0.39 is 11.7 Å². The van der Waals surface area contributed by atoms with Crippen molar-refractivity contribution in [3.05, 3.63) is 35.4 Å². The van der Waals surface area contributed by atoms with Crippen molar-refractivity contribution in [3.63, 3.8) is 0 Å². The van der Waals surface area contributed by atoms with Crippen molar-refractivity contribution in [1.82, 2.24) is 5.32 Å². The topological polar surface area (TPSA) is 64.3 Å². The Bertz CT molecular complexity index is 411. The molecule has 3 N–H and O–H groups in total. The van der Waals surface area contributed by atoms with Gasteiger partial charge in [0, 0.05) is 12.6 Å². The maximum absolute atomic E-state index is 11.5. The van der Waals surface area contributed by atoms with Gasteiger partial charge in [0.25, 0.3) is 0 Å². The van der Waals surface area contributed by atoms with Gasteiger partial charge in [-0.2, -0.15) is 0 Å². The Morgan fingerprint density at radius 1 is 1.39 bits per heavy atom. The summed E-state index contributed by atoms with van der Waals surface area (Å²) in [5, 5.41) is 2.68. The van der Waals surface area contributed by atoms with E-state index >= 15 is 0 Å². The first-order chi connectivity index (χ1) is 8.29. The van der Waals surface area contributed by atoms with E-state index in [4.69, 9.17) is 10.5 Å². The van der Waals surface area contributed by atoms with Crippen LogP contribution in [0.2, 0.25) is 0 Å². The molecule has 0 saturated carbocycles. The van der Waals surface area contributed by atoms with Crippen LogP contribution >= 0.6 is 0 Å². The number of aryl methyl sites for hydroxylation is 1. The molecule has 0 bridgehead atoms. The van der Waals surface area contributed by atoms with Crippen LogP contribution in [-0.4, -0.2) is 18.2 Å². The van der Waals surface area contributed by atoms with Gasteiger partial charge in [-0.25, -0.2) is 4.79 Å². The standard InChI is InChI=1S/C14H22N2O2/c1-10-7-5-6-8-11(10)12(15)9-16-13(17)18-14(2,3)4/h5-8,12H,9,15H2,1-4H3,(H,16,17)/t12-/m0/s1. The third-order valence-corrected chi connectivity index (χ3v) is 2.45. The highest BCUT2D eigenvalue weighted by Crippen LogP contribution is 2.14. The fraction of sp³-hybridized carbons (Fsp3) is 0.500. The largest absolute Gasteiger partial charge is 0.444 e. The number of nitrogens with two attached hydrogens (primary N) is 1. The molecule has 1 aromatic rings. The molecule has 0 saturated heterocycles. The first-order valence-corrected chi connectivity index (χ1v) is 6.07. The second kappa shape index (κ2) is 5.87. The number of benzene rings is 1. The van der Waals surface area contributed by atoms with E-state index in [9.17, 15) is 4.79 Å². The number of amides is 1. The molecule has 4 nitrogen and oxygen atoms in total. The second-order valence-electron chi connectivity index (χ2n) is 5.35. The summed E-state index contributed by atoms with van der Waals surface area (Å²) in [5.74, 6) is 0. The van der Waals surface area contributed by atoms with Crippen LogP contribution in [0.5, 0.6) is 0 Å². The summed E-state index contributed by atoms with van der Waals surface area (Å²) in [7, 11) is 0. The Hall–Kier alpha value is -1.55. The van der Waals surface area contributed by atoms with Gasteiger partial charge in [0.05, 0.1) is 0 Å². The van der Waals surface area contributed by atoms with Crippen LogP contribution in [0.4, 0.5) is 4.79 Å². The second-order valence-corrected chi connectivity index (χ2v) is 5.35. The molecule has 1 rings (SSSR count). The molecule has 0 spiro atoms. The van der Waals surface area contributed by atoms with Crippen molar-refractivity contribution in [3.8, 4) is 0 Å². The predicted molar refractivity (Wildman–Crippen MR) is 72.3 cm³/mol. The smallest absolute Gasteiger partial charge is 0.407 e. The number of alkyl carbamates (subject to hydrolysis) is 1. The number of hydrogen-bond acceptors (Lipinski definition) is 3. The van der Waals surface area contributed by atoms with Crippen molar-refractivity contribution in [1.29, 1.82) is 0 Å². The maximum Gasteiger partial charge on any atom is 0.407 e. The average Bonchev–Trinajstić information content (AvgIpc) is 2.24. The Morgan fingerprint density at radius 3 is 2.56 bits per heavy atom. The molecule has 0 aliphatic rings. The van der Waals surface area contributed by atoms with Crippen LogP contribution in [-0.2, 0) is 4.74 Å². The van der Waals surface area contributed by atoms with Crippen molar-refractivity contribution in [2.75, 3.05) is 6.54 Å². The minimum absolute atomic E-state index is 0.223. The van der Waals surface area contributed by atoms with E-state index in [1.54, 1.807) is 0 Å². The van der Waals surface area contributed by atoms with Crippen LogP contribution in [0.3, 0.4) is 0 Å². The SMILES string of the molecule is Cc1ccccc1[C@@H](N)CNC(=O)OC(C)(C)C. The van der Waals surface area contributed by atoms with Crippen LogP contribution in [0, 0.1) is 6.92 Å². The first-order valence-electron chi connectivity index (χ1n) is 6.07. The number of rotatable bonds is 3. The zero-order valence-electron chi connectivity index (χ0n) is 11.5. The zero-order valence-corrected chi connectivity index (χ0v) is 11.5. The fourth-order valence-corrected chi connectivity index (χ4v) is 1.62. The third-order valence-electron chi connectivity index (χ3n) is 2.45. The van der Waals surface area contributed by atoms with Crippen molar-refractivity contribution in [2.24, 2.45) is 5.73 Å². The summed E-state index contributed by atoms with van der Waals surface area (Å²) >= 11 is 0. The molecule has 0 fully saturated rings. The normalized spacial score (nSPS) is 12.9. The molecule has 0 aliphatic carbocycles. The van der Waals surface area contributed by atoms with Crippen molar-refractivity contribution < 1.29 is 9.53 Å². The van der Waals surface area contributed by atoms with Gasteiger partial charge in [-0.3, -0.25) is 0 Å². The van der Waals surface area contributed by atoms with Crippen LogP contribution in [0.15, 0.2) is 24.3 Å².